The van der Waals surface area contributed by atoms with E-state index in [1.807, 2.05) is 18.2 Å². The second-order valence-corrected chi connectivity index (χ2v) is 7.55. The normalized spacial score (nSPS) is 39.6. The van der Waals surface area contributed by atoms with Gasteiger partial charge in [-0.2, -0.15) is 0 Å². The van der Waals surface area contributed by atoms with E-state index >= 15 is 0 Å². The van der Waals surface area contributed by atoms with Crippen LogP contribution in [0.2, 0.25) is 0 Å². The van der Waals surface area contributed by atoms with Gasteiger partial charge in [-0.25, -0.2) is 0 Å². The summed E-state index contributed by atoms with van der Waals surface area (Å²) in [6.45, 7) is 0. The fraction of sp³-hybridized carbons (Fsp3) is 0.450. The molecule has 5 rings (SSSR count). The molecule has 136 valence electrons. The van der Waals surface area contributed by atoms with Crippen LogP contribution in [-0.2, 0) is 18.9 Å². The Morgan fingerprint density at radius 1 is 1.04 bits per heavy atom. The summed E-state index contributed by atoms with van der Waals surface area (Å²) in [4.78, 5) is 0. The highest BCUT2D eigenvalue weighted by atomic mass is 32.1. The summed E-state index contributed by atoms with van der Waals surface area (Å²) in [6, 6.07) is 10.6. The van der Waals surface area contributed by atoms with Gasteiger partial charge in [0, 0.05) is 25.0 Å². The second kappa shape index (κ2) is 5.99. The van der Waals surface area contributed by atoms with Crippen LogP contribution < -0.4 is 5.32 Å². The smallest absolute Gasteiger partial charge is 0.257 e. The number of ether oxygens (including phenoxy) is 4. The molecular weight excluding hydrogens is 350 g/mol. The van der Waals surface area contributed by atoms with Crippen LogP contribution in [0.5, 0.6) is 0 Å². The monoisotopic (exact) mass is 371 g/mol. The topological polar surface area (TPSA) is 49.0 Å². The third-order valence-electron chi connectivity index (χ3n) is 6.06. The lowest BCUT2D eigenvalue weighted by Gasteiger charge is -2.29. The molecule has 5 nitrogen and oxygen atoms in total. The van der Waals surface area contributed by atoms with E-state index in [4.69, 9.17) is 31.2 Å². The van der Waals surface area contributed by atoms with Gasteiger partial charge in [0.15, 0.2) is 0 Å². The van der Waals surface area contributed by atoms with Crippen molar-refractivity contribution >= 4 is 17.4 Å². The number of rotatable bonds is 3. The van der Waals surface area contributed by atoms with Crippen LogP contribution in [0.1, 0.15) is 11.5 Å². The van der Waals surface area contributed by atoms with Gasteiger partial charge in [0.1, 0.15) is 23.7 Å². The van der Waals surface area contributed by atoms with Crippen molar-refractivity contribution in [2.24, 2.45) is 11.8 Å². The summed E-state index contributed by atoms with van der Waals surface area (Å²) in [5, 5.41) is 3.85. The third kappa shape index (κ3) is 2.21. The summed E-state index contributed by atoms with van der Waals surface area (Å²) < 4.78 is 23.7. The molecule has 0 aromatic heterocycles. The van der Waals surface area contributed by atoms with Crippen molar-refractivity contribution in [2.45, 2.75) is 30.3 Å². The molecule has 4 aliphatic rings. The predicted molar refractivity (Wildman–Crippen MR) is 99.4 cm³/mol. The maximum atomic E-state index is 6.49. The first-order valence-electron chi connectivity index (χ1n) is 8.90. The minimum absolute atomic E-state index is 0.0153. The molecule has 2 aliphatic heterocycles. The molecule has 1 saturated carbocycles. The molecule has 6 unspecified atom stereocenters. The van der Waals surface area contributed by atoms with E-state index < -0.39 is 0 Å². The fourth-order valence-electron chi connectivity index (χ4n) is 5.06. The van der Waals surface area contributed by atoms with E-state index in [0.717, 1.165) is 11.5 Å². The standard InChI is InChI=1S/C20H21NO4S/c1-22-11-8-12(23-2)15-13(9-11)24-18-14(10-6-4-3-5-7-10)17-19(16(15)18)25-20(26)21-17/h3-9,12,14-19H,1-2H3,(H,21,26)/t12?,14-,15?,16?,17?,18?,19?/m1/s1. The Bertz CT molecular complexity index is 792. The number of hydrogen-bond acceptors (Lipinski definition) is 5. The predicted octanol–water partition coefficient (Wildman–Crippen LogP) is 2.50. The first kappa shape index (κ1) is 16.1. The first-order chi connectivity index (χ1) is 12.7. The van der Waals surface area contributed by atoms with Crippen molar-refractivity contribution in [3.63, 3.8) is 0 Å². The lowest BCUT2D eigenvalue weighted by atomic mass is 9.81. The molecule has 2 aliphatic carbocycles. The number of hydrogen-bond donors (Lipinski definition) is 1. The maximum absolute atomic E-state index is 6.49. The highest BCUT2D eigenvalue weighted by Gasteiger charge is 2.65. The van der Waals surface area contributed by atoms with E-state index in [-0.39, 0.29) is 42.1 Å². The second-order valence-electron chi connectivity index (χ2n) is 7.18. The molecule has 1 aromatic rings. The van der Waals surface area contributed by atoms with Gasteiger partial charge in [-0.05, 0) is 23.9 Å². The van der Waals surface area contributed by atoms with E-state index in [1.165, 1.54) is 5.56 Å². The number of nitrogens with one attached hydrogen (secondary N) is 1. The molecule has 6 heteroatoms. The Kier molecular flexibility index (Phi) is 3.72. The fourth-order valence-corrected chi connectivity index (χ4v) is 5.30. The summed E-state index contributed by atoms with van der Waals surface area (Å²) in [6.07, 6.45) is 3.89. The molecule has 26 heavy (non-hydrogen) atoms. The van der Waals surface area contributed by atoms with Crippen molar-refractivity contribution in [1.82, 2.24) is 5.32 Å². The van der Waals surface area contributed by atoms with Crippen LogP contribution in [0.25, 0.3) is 0 Å². The van der Waals surface area contributed by atoms with E-state index in [9.17, 15) is 0 Å². The van der Waals surface area contributed by atoms with Gasteiger partial charge < -0.3 is 24.3 Å². The summed E-state index contributed by atoms with van der Waals surface area (Å²) in [7, 11) is 3.39. The van der Waals surface area contributed by atoms with Crippen molar-refractivity contribution in [3.8, 4) is 0 Å². The summed E-state index contributed by atoms with van der Waals surface area (Å²) in [5.41, 5.74) is 1.24. The summed E-state index contributed by atoms with van der Waals surface area (Å²) in [5.74, 6) is 2.14. The number of methoxy groups -OCH3 is 2. The van der Waals surface area contributed by atoms with Crippen molar-refractivity contribution < 1.29 is 18.9 Å². The molecule has 2 heterocycles. The number of allylic oxidation sites excluding steroid dienone is 1. The molecule has 0 bridgehead atoms. The lowest BCUT2D eigenvalue weighted by molar-refractivity contribution is 0.0486. The largest absolute Gasteiger partial charge is 0.497 e. The summed E-state index contributed by atoms with van der Waals surface area (Å²) >= 11 is 5.33. The third-order valence-corrected chi connectivity index (χ3v) is 6.27. The van der Waals surface area contributed by atoms with Gasteiger partial charge in [-0.1, -0.05) is 30.3 Å². The molecule has 0 spiro atoms. The van der Waals surface area contributed by atoms with Gasteiger partial charge in [0.25, 0.3) is 5.17 Å². The van der Waals surface area contributed by atoms with Crippen molar-refractivity contribution in [3.05, 3.63) is 59.6 Å². The van der Waals surface area contributed by atoms with E-state index in [2.05, 4.69) is 29.6 Å². The zero-order valence-electron chi connectivity index (χ0n) is 14.6. The molecule has 0 radical (unpaired) electrons. The average molecular weight is 371 g/mol. The molecular formula is C20H21NO4S. The Hall–Kier alpha value is -2.05. The highest BCUT2D eigenvalue weighted by molar-refractivity contribution is 7.80. The maximum Gasteiger partial charge on any atom is 0.257 e. The zero-order chi connectivity index (χ0) is 17.8. The van der Waals surface area contributed by atoms with Gasteiger partial charge in [0.2, 0.25) is 0 Å². The number of fused-ring (bicyclic) bond motifs is 5. The lowest BCUT2D eigenvalue weighted by Crippen LogP contribution is -2.38. The van der Waals surface area contributed by atoms with Gasteiger partial charge in [0.05, 0.1) is 25.2 Å². The Morgan fingerprint density at radius 3 is 2.58 bits per heavy atom. The number of benzene rings is 1. The van der Waals surface area contributed by atoms with Crippen LogP contribution in [0, 0.1) is 11.8 Å². The van der Waals surface area contributed by atoms with Crippen LogP contribution in [0.3, 0.4) is 0 Å². The molecule has 1 aromatic carbocycles. The molecule has 1 N–H and O–H groups in total. The Morgan fingerprint density at radius 2 is 1.85 bits per heavy atom. The minimum Gasteiger partial charge on any atom is -0.497 e. The van der Waals surface area contributed by atoms with Crippen LogP contribution in [0.15, 0.2) is 54.0 Å². The van der Waals surface area contributed by atoms with E-state index in [0.29, 0.717) is 5.17 Å². The van der Waals surface area contributed by atoms with Gasteiger partial charge in [-0.3, -0.25) is 0 Å². The quantitative estimate of drug-likeness (QED) is 0.824. The Balaban J connectivity index is 1.57. The minimum atomic E-state index is -0.104. The van der Waals surface area contributed by atoms with Gasteiger partial charge >= 0.3 is 0 Å². The van der Waals surface area contributed by atoms with Crippen LogP contribution >= 0.6 is 12.2 Å². The van der Waals surface area contributed by atoms with Crippen LogP contribution in [-0.4, -0.2) is 43.7 Å². The molecule has 3 fully saturated rings. The van der Waals surface area contributed by atoms with Gasteiger partial charge in [-0.15, -0.1) is 0 Å². The van der Waals surface area contributed by atoms with Crippen molar-refractivity contribution in [1.29, 1.82) is 0 Å². The number of thiocarbonyl (C=S) groups is 1. The van der Waals surface area contributed by atoms with Crippen LogP contribution in [0.4, 0.5) is 0 Å². The molecule has 0 amide bonds. The molecule has 7 atom stereocenters. The molecule has 2 saturated heterocycles. The van der Waals surface area contributed by atoms with E-state index in [1.54, 1.807) is 14.2 Å². The highest BCUT2D eigenvalue weighted by Crippen LogP contribution is 2.56. The average Bonchev–Trinajstić information content (AvgIpc) is 3.29. The van der Waals surface area contributed by atoms with Crippen molar-refractivity contribution in [2.75, 3.05) is 14.2 Å². The zero-order valence-corrected chi connectivity index (χ0v) is 15.4. The first-order valence-corrected chi connectivity index (χ1v) is 9.31. The SMILES string of the molecule is COC1=CC(OC)C2C(=C1)OC1C2C2OC(=S)NC2[C@H]1c1ccccc1. The Labute approximate surface area is 158 Å².